The lowest BCUT2D eigenvalue weighted by atomic mass is 10.2. The van der Waals surface area contributed by atoms with Crippen LogP contribution in [0.15, 0.2) is 30.6 Å². The Bertz CT molecular complexity index is 545. The molecule has 0 amide bonds. The van der Waals surface area contributed by atoms with Crippen LogP contribution in [0.1, 0.15) is 24.4 Å². The highest BCUT2D eigenvalue weighted by molar-refractivity contribution is 5.46. The van der Waals surface area contributed by atoms with Gasteiger partial charge in [0.25, 0.3) is 0 Å². The maximum atomic E-state index is 12.4. The van der Waals surface area contributed by atoms with Crippen LogP contribution in [0.2, 0.25) is 0 Å². The summed E-state index contributed by atoms with van der Waals surface area (Å²) in [6, 6.07) is 4.74. The highest BCUT2D eigenvalue weighted by Gasteiger charge is 2.30. The zero-order chi connectivity index (χ0) is 14.0. The van der Waals surface area contributed by atoms with Crippen molar-refractivity contribution in [3.63, 3.8) is 0 Å². The molecule has 4 nitrogen and oxygen atoms in total. The molecule has 0 spiro atoms. The Morgan fingerprint density at radius 1 is 1.21 bits per heavy atom. The highest BCUT2D eigenvalue weighted by atomic mass is 19.4. The van der Waals surface area contributed by atoms with Gasteiger partial charge in [-0.05, 0) is 31.2 Å². The van der Waals surface area contributed by atoms with Gasteiger partial charge in [0, 0.05) is 12.7 Å². The maximum absolute atomic E-state index is 12.4. The van der Waals surface area contributed by atoms with Crippen LogP contribution in [0, 0.1) is 0 Å². The maximum Gasteiger partial charge on any atom is 0.416 e. The van der Waals surface area contributed by atoms with Gasteiger partial charge in [0.2, 0.25) is 0 Å². The third kappa shape index (κ3) is 3.04. The summed E-state index contributed by atoms with van der Waals surface area (Å²) in [5.74, 6) is 0.708. The van der Waals surface area contributed by atoms with E-state index in [0.717, 1.165) is 12.1 Å². The SMILES string of the molecule is CC(Nc1ccc(C(F)(F)F)cc1)c1nncn1C. The van der Waals surface area contributed by atoms with Crippen LogP contribution >= 0.6 is 0 Å². The average molecular weight is 270 g/mol. The summed E-state index contributed by atoms with van der Waals surface area (Å²) >= 11 is 0. The van der Waals surface area contributed by atoms with Gasteiger partial charge >= 0.3 is 6.18 Å². The van der Waals surface area contributed by atoms with E-state index >= 15 is 0 Å². The first-order valence-electron chi connectivity index (χ1n) is 5.65. The standard InChI is InChI=1S/C12H13F3N4/c1-8(11-18-16-7-19(11)2)17-10-5-3-9(4-6-10)12(13,14)15/h3-8,17H,1-2H3. The predicted molar refractivity (Wildman–Crippen MR) is 64.5 cm³/mol. The van der Waals surface area contributed by atoms with E-state index in [4.69, 9.17) is 0 Å². The van der Waals surface area contributed by atoms with E-state index < -0.39 is 11.7 Å². The van der Waals surface area contributed by atoms with Gasteiger partial charge in [-0.2, -0.15) is 13.2 Å². The first kappa shape index (κ1) is 13.4. The van der Waals surface area contributed by atoms with Crippen molar-refractivity contribution in [2.75, 3.05) is 5.32 Å². The summed E-state index contributed by atoms with van der Waals surface area (Å²) in [4.78, 5) is 0. The second-order valence-electron chi connectivity index (χ2n) is 4.24. The van der Waals surface area contributed by atoms with Gasteiger partial charge in [-0.3, -0.25) is 0 Å². The molecule has 0 aliphatic heterocycles. The van der Waals surface area contributed by atoms with Crippen molar-refractivity contribution in [2.24, 2.45) is 7.05 Å². The minimum absolute atomic E-state index is 0.149. The lowest BCUT2D eigenvalue weighted by molar-refractivity contribution is -0.137. The van der Waals surface area contributed by atoms with Crippen LogP contribution < -0.4 is 5.32 Å². The molecule has 7 heteroatoms. The minimum Gasteiger partial charge on any atom is -0.375 e. The van der Waals surface area contributed by atoms with Crippen molar-refractivity contribution in [3.05, 3.63) is 42.0 Å². The number of alkyl halides is 3. The van der Waals surface area contributed by atoms with Crippen molar-refractivity contribution < 1.29 is 13.2 Å². The Morgan fingerprint density at radius 3 is 2.32 bits per heavy atom. The fraction of sp³-hybridized carbons (Fsp3) is 0.333. The molecule has 1 aromatic carbocycles. The number of halogens is 3. The molecule has 0 saturated carbocycles. The molecule has 1 atom stereocenters. The second-order valence-corrected chi connectivity index (χ2v) is 4.24. The van der Waals surface area contributed by atoms with Gasteiger partial charge in [0.05, 0.1) is 11.6 Å². The highest BCUT2D eigenvalue weighted by Crippen LogP contribution is 2.30. The van der Waals surface area contributed by atoms with Crippen molar-refractivity contribution in [2.45, 2.75) is 19.1 Å². The number of nitrogens with one attached hydrogen (secondary N) is 1. The number of anilines is 1. The van der Waals surface area contributed by atoms with Gasteiger partial charge in [0.1, 0.15) is 6.33 Å². The Kier molecular flexibility index (Phi) is 3.46. The molecular weight excluding hydrogens is 257 g/mol. The van der Waals surface area contributed by atoms with Crippen LogP contribution in [0.3, 0.4) is 0 Å². The average Bonchev–Trinajstić information content (AvgIpc) is 2.75. The Hall–Kier alpha value is -2.05. The number of benzene rings is 1. The van der Waals surface area contributed by atoms with E-state index in [2.05, 4.69) is 15.5 Å². The Labute approximate surface area is 108 Å². The molecule has 0 fully saturated rings. The molecular formula is C12H13F3N4. The lowest BCUT2D eigenvalue weighted by Gasteiger charge is -2.15. The van der Waals surface area contributed by atoms with Crippen LogP contribution in [0.4, 0.5) is 18.9 Å². The zero-order valence-electron chi connectivity index (χ0n) is 10.4. The monoisotopic (exact) mass is 270 g/mol. The number of hydrogen-bond acceptors (Lipinski definition) is 3. The Morgan fingerprint density at radius 2 is 1.84 bits per heavy atom. The van der Waals surface area contributed by atoms with Crippen molar-refractivity contribution in [3.8, 4) is 0 Å². The molecule has 1 heterocycles. The molecule has 102 valence electrons. The third-order valence-electron chi connectivity index (χ3n) is 2.73. The van der Waals surface area contributed by atoms with E-state index in [-0.39, 0.29) is 6.04 Å². The van der Waals surface area contributed by atoms with Crippen molar-refractivity contribution in [1.82, 2.24) is 14.8 Å². The van der Waals surface area contributed by atoms with E-state index in [1.165, 1.54) is 12.1 Å². The molecule has 0 bridgehead atoms. The summed E-state index contributed by atoms with van der Waals surface area (Å²) < 4.78 is 39.0. The molecule has 1 unspecified atom stereocenters. The van der Waals surface area contributed by atoms with Gasteiger partial charge < -0.3 is 9.88 Å². The largest absolute Gasteiger partial charge is 0.416 e. The quantitative estimate of drug-likeness (QED) is 0.932. The van der Waals surface area contributed by atoms with Gasteiger partial charge in [-0.25, -0.2) is 0 Å². The second kappa shape index (κ2) is 4.91. The lowest BCUT2D eigenvalue weighted by Crippen LogP contribution is -2.12. The number of rotatable bonds is 3. The molecule has 1 aromatic heterocycles. The summed E-state index contributed by atoms with van der Waals surface area (Å²) in [7, 11) is 1.81. The van der Waals surface area contributed by atoms with E-state index in [9.17, 15) is 13.2 Å². The van der Waals surface area contributed by atoms with Crippen LogP contribution in [0.25, 0.3) is 0 Å². The normalized spacial score (nSPS) is 13.3. The molecule has 2 rings (SSSR count). The fourth-order valence-electron chi connectivity index (χ4n) is 1.75. The van der Waals surface area contributed by atoms with Crippen molar-refractivity contribution in [1.29, 1.82) is 0 Å². The number of nitrogens with zero attached hydrogens (tertiary/aromatic N) is 3. The summed E-state index contributed by atoms with van der Waals surface area (Å²) in [5, 5.41) is 10.8. The molecule has 1 N–H and O–H groups in total. The fourth-order valence-corrected chi connectivity index (χ4v) is 1.75. The van der Waals surface area contributed by atoms with E-state index in [1.54, 1.807) is 17.9 Å². The molecule has 19 heavy (non-hydrogen) atoms. The van der Waals surface area contributed by atoms with Crippen LogP contribution in [0.5, 0.6) is 0 Å². The predicted octanol–water partition coefficient (Wildman–Crippen LogP) is 3.01. The Balaban J connectivity index is 2.10. The minimum atomic E-state index is -4.31. The molecule has 2 aromatic rings. The van der Waals surface area contributed by atoms with E-state index in [1.807, 2.05) is 6.92 Å². The topological polar surface area (TPSA) is 42.7 Å². The number of aromatic nitrogens is 3. The molecule has 0 saturated heterocycles. The smallest absolute Gasteiger partial charge is 0.375 e. The summed E-state index contributed by atoms with van der Waals surface area (Å²) in [5.41, 5.74) is -0.0622. The molecule has 0 radical (unpaired) electrons. The number of aryl methyl sites for hydroxylation is 1. The molecule has 0 aliphatic carbocycles. The summed E-state index contributed by atoms with van der Waals surface area (Å²) in [6.07, 6.45) is -2.74. The number of hydrogen-bond donors (Lipinski definition) is 1. The van der Waals surface area contributed by atoms with Gasteiger partial charge in [-0.1, -0.05) is 0 Å². The van der Waals surface area contributed by atoms with Crippen LogP contribution in [-0.2, 0) is 13.2 Å². The van der Waals surface area contributed by atoms with Gasteiger partial charge in [-0.15, -0.1) is 10.2 Å². The first-order valence-corrected chi connectivity index (χ1v) is 5.65. The van der Waals surface area contributed by atoms with E-state index in [0.29, 0.717) is 11.5 Å². The molecule has 0 aliphatic rings. The van der Waals surface area contributed by atoms with Crippen LogP contribution in [-0.4, -0.2) is 14.8 Å². The zero-order valence-corrected chi connectivity index (χ0v) is 10.4. The first-order chi connectivity index (χ1) is 8.88. The summed E-state index contributed by atoms with van der Waals surface area (Å²) in [6.45, 7) is 1.86. The van der Waals surface area contributed by atoms with Gasteiger partial charge in [0.15, 0.2) is 5.82 Å². The van der Waals surface area contributed by atoms with Crippen molar-refractivity contribution >= 4 is 5.69 Å². The third-order valence-corrected chi connectivity index (χ3v) is 2.73.